The summed E-state index contributed by atoms with van der Waals surface area (Å²) in [4.78, 5) is 14.3. The van der Waals surface area contributed by atoms with Gasteiger partial charge in [0.15, 0.2) is 11.5 Å². The summed E-state index contributed by atoms with van der Waals surface area (Å²) in [6.07, 6.45) is 2.17. The quantitative estimate of drug-likeness (QED) is 0.671. The monoisotopic (exact) mass is 395 g/mol. The number of carbonyl (C=O) groups is 1. The first-order valence-electron chi connectivity index (χ1n) is 8.45. The first kappa shape index (κ1) is 20.6. The summed E-state index contributed by atoms with van der Waals surface area (Å²) in [5, 5.41) is 14.7. The van der Waals surface area contributed by atoms with Gasteiger partial charge in [0, 0.05) is 25.7 Å². The van der Waals surface area contributed by atoms with Gasteiger partial charge in [-0.2, -0.15) is 0 Å². The zero-order valence-electron chi connectivity index (χ0n) is 16.2. The molecule has 1 heterocycles. The van der Waals surface area contributed by atoms with Gasteiger partial charge in [0.25, 0.3) is 0 Å². The third-order valence-corrected chi connectivity index (χ3v) is 4.68. The van der Waals surface area contributed by atoms with E-state index in [0.29, 0.717) is 28.1 Å². The van der Waals surface area contributed by atoms with Crippen molar-refractivity contribution in [2.75, 3.05) is 50.5 Å². The number of anilines is 3. The Labute approximate surface area is 162 Å². The van der Waals surface area contributed by atoms with Crippen LogP contribution in [0.25, 0.3) is 0 Å². The second kappa shape index (κ2) is 9.81. The molecule has 0 atom stereocenters. The zero-order chi connectivity index (χ0) is 19.8. The number of benzene rings is 1. The van der Waals surface area contributed by atoms with Crippen LogP contribution in [0.2, 0.25) is 0 Å². The summed E-state index contributed by atoms with van der Waals surface area (Å²) in [5.74, 6) is 1.35. The fraction of sp³-hybridized carbons (Fsp3) is 0.471. The lowest BCUT2D eigenvalue weighted by Crippen LogP contribution is -2.19. The molecule has 10 heteroatoms. The summed E-state index contributed by atoms with van der Waals surface area (Å²) in [7, 11) is 6.50. The van der Waals surface area contributed by atoms with Crippen molar-refractivity contribution in [1.82, 2.24) is 10.2 Å². The number of nitrogens with zero attached hydrogens (tertiary/aromatic N) is 3. The fourth-order valence-corrected chi connectivity index (χ4v) is 3.05. The highest BCUT2D eigenvalue weighted by Gasteiger charge is 2.15. The summed E-state index contributed by atoms with van der Waals surface area (Å²) in [5.41, 5.74) is 0.492. The van der Waals surface area contributed by atoms with Crippen LogP contribution in [-0.4, -0.2) is 51.2 Å². The van der Waals surface area contributed by atoms with E-state index in [-0.39, 0.29) is 0 Å². The molecule has 0 saturated carbocycles. The number of amides is 2. The third-order valence-electron chi connectivity index (χ3n) is 3.73. The van der Waals surface area contributed by atoms with Gasteiger partial charge in [-0.15, -0.1) is 10.2 Å². The fourth-order valence-electron chi connectivity index (χ4n) is 2.32. The van der Waals surface area contributed by atoms with E-state index in [0.717, 1.165) is 24.5 Å². The van der Waals surface area contributed by atoms with E-state index in [9.17, 15) is 4.79 Å². The number of hydrogen-bond donors (Lipinski definition) is 2. The molecule has 0 bridgehead atoms. The first-order chi connectivity index (χ1) is 13.0. The van der Waals surface area contributed by atoms with Crippen molar-refractivity contribution in [1.29, 1.82) is 0 Å². The number of unbranched alkanes of at least 4 members (excludes halogenated alkanes) is 1. The highest BCUT2D eigenvalue weighted by atomic mass is 32.1. The van der Waals surface area contributed by atoms with E-state index in [4.69, 9.17) is 14.2 Å². The van der Waals surface area contributed by atoms with E-state index in [2.05, 4.69) is 27.8 Å². The van der Waals surface area contributed by atoms with Crippen molar-refractivity contribution in [3.63, 3.8) is 0 Å². The van der Waals surface area contributed by atoms with Crippen LogP contribution >= 0.6 is 11.3 Å². The molecule has 0 fully saturated rings. The van der Waals surface area contributed by atoms with Gasteiger partial charge in [-0.25, -0.2) is 4.79 Å². The van der Waals surface area contributed by atoms with Crippen molar-refractivity contribution in [3.8, 4) is 17.2 Å². The molecule has 2 N–H and O–H groups in total. The Morgan fingerprint density at radius 2 is 1.78 bits per heavy atom. The molecular formula is C17H25N5O4S. The molecule has 0 saturated heterocycles. The van der Waals surface area contributed by atoms with Crippen LogP contribution in [0.5, 0.6) is 17.2 Å². The molecule has 9 nitrogen and oxygen atoms in total. The lowest BCUT2D eigenvalue weighted by Gasteiger charge is -2.14. The van der Waals surface area contributed by atoms with E-state index in [1.807, 2.05) is 11.9 Å². The highest BCUT2D eigenvalue weighted by Crippen LogP contribution is 2.40. The number of carbonyl (C=O) groups excluding carboxylic acids is 1. The smallest absolute Gasteiger partial charge is 0.325 e. The number of hydrogen-bond acceptors (Lipinski definition) is 8. The lowest BCUT2D eigenvalue weighted by molar-refractivity contribution is 0.262. The maximum atomic E-state index is 12.3. The molecule has 0 aliphatic carbocycles. The van der Waals surface area contributed by atoms with Crippen LogP contribution < -0.4 is 29.7 Å². The van der Waals surface area contributed by atoms with E-state index >= 15 is 0 Å². The minimum absolute atomic E-state index is 0.415. The molecular weight excluding hydrogens is 370 g/mol. The minimum atomic E-state index is -0.441. The summed E-state index contributed by atoms with van der Waals surface area (Å²) >= 11 is 1.31. The van der Waals surface area contributed by atoms with Gasteiger partial charge < -0.3 is 24.4 Å². The van der Waals surface area contributed by atoms with Crippen molar-refractivity contribution in [3.05, 3.63) is 12.1 Å². The van der Waals surface area contributed by atoms with Crippen LogP contribution in [0.1, 0.15) is 19.8 Å². The predicted octanol–water partition coefficient (Wildman–Crippen LogP) is 3.44. The zero-order valence-corrected chi connectivity index (χ0v) is 17.0. The Hall–Kier alpha value is -2.75. The lowest BCUT2D eigenvalue weighted by atomic mass is 10.2. The van der Waals surface area contributed by atoms with Crippen molar-refractivity contribution >= 4 is 33.3 Å². The molecule has 27 heavy (non-hydrogen) atoms. The maximum Gasteiger partial charge on any atom is 0.325 e. The Balaban J connectivity index is 2.05. The van der Waals surface area contributed by atoms with Crippen molar-refractivity contribution < 1.29 is 19.0 Å². The SMILES string of the molecule is CCCCN(C)c1nnc(NC(=O)Nc2cc(OC)c(OC)c(OC)c2)s1. The van der Waals surface area contributed by atoms with Crippen LogP contribution in [0, 0.1) is 0 Å². The van der Waals surface area contributed by atoms with Crippen LogP contribution in [0.3, 0.4) is 0 Å². The number of ether oxygens (including phenoxy) is 3. The average molecular weight is 395 g/mol. The molecule has 1 aromatic heterocycles. The Morgan fingerprint density at radius 1 is 1.11 bits per heavy atom. The number of methoxy groups -OCH3 is 3. The summed E-state index contributed by atoms with van der Waals surface area (Å²) in [6, 6.07) is 2.85. The van der Waals surface area contributed by atoms with Gasteiger partial charge in [0.2, 0.25) is 16.0 Å². The molecule has 2 aromatic rings. The molecule has 0 unspecified atom stereocenters. The summed E-state index contributed by atoms with van der Waals surface area (Å²) < 4.78 is 15.8. The number of nitrogens with one attached hydrogen (secondary N) is 2. The average Bonchev–Trinajstić information content (AvgIpc) is 3.13. The van der Waals surface area contributed by atoms with Crippen molar-refractivity contribution in [2.45, 2.75) is 19.8 Å². The number of rotatable bonds is 9. The molecule has 2 rings (SSSR count). The number of aromatic nitrogens is 2. The van der Waals surface area contributed by atoms with E-state index < -0.39 is 6.03 Å². The Bertz CT molecular complexity index is 743. The normalized spacial score (nSPS) is 10.3. The molecule has 0 aliphatic rings. The Morgan fingerprint density at radius 3 is 2.33 bits per heavy atom. The largest absolute Gasteiger partial charge is 0.493 e. The maximum absolute atomic E-state index is 12.3. The van der Waals surface area contributed by atoms with Crippen LogP contribution in [0.4, 0.5) is 20.7 Å². The van der Waals surface area contributed by atoms with Gasteiger partial charge in [0.05, 0.1) is 27.0 Å². The van der Waals surface area contributed by atoms with Crippen LogP contribution in [-0.2, 0) is 0 Å². The highest BCUT2D eigenvalue weighted by molar-refractivity contribution is 7.19. The Kier molecular flexibility index (Phi) is 7.47. The molecule has 0 radical (unpaired) electrons. The van der Waals surface area contributed by atoms with Gasteiger partial charge in [0.1, 0.15) is 0 Å². The standard InChI is InChI=1S/C17H25N5O4S/c1-6-7-8-22(2)17-21-20-16(27-17)19-15(23)18-11-9-12(24-3)14(26-5)13(10-11)25-4/h9-10H,6-8H2,1-5H3,(H2,18,19,20,23). The first-order valence-corrected chi connectivity index (χ1v) is 9.26. The second-order valence-corrected chi connectivity index (χ2v) is 6.61. The van der Waals surface area contributed by atoms with Gasteiger partial charge in [-0.05, 0) is 6.42 Å². The van der Waals surface area contributed by atoms with Gasteiger partial charge >= 0.3 is 6.03 Å². The molecule has 0 spiro atoms. The summed E-state index contributed by atoms with van der Waals surface area (Å²) in [6.45, 7) is 3.02. The molecule has 148 valence electrons. The molecule has 1 aromatic carbocycles. The number of urea groups is 1. The predicted molar refractivity (Wildman–Crippen MR) is 107 cm³/mol. The molecule has 2 amide bonds. The minimum Gasteiger partial charge on any atom is -0.493 e. The third kappa shape index (κ3) is 5.36. The van der Waals surface area contributed by atoms with E-state index in [1.165, 1.54) is 32.7 Å². The topological polar surface area (TPSA) is 97.8 Å². The molecule has 0 aliphatic heterocycles. The van der Waals surface area contributed by atoms with Crippen molar-refractivity contribution in [2.24, 2.45) is 0 Å². The van der Waals surface area contributed by atoms with Gasteiger partial charge in [-0.1, -0.05) is 24.7 Å². The van der Waals surface area contributed by atoms with E-state index in [1.54, 1.807) is 12.1 Å². The second-order valence-electron chi connectivity index (χ2n) is 5.66. The van der Waals surface area contributed by atoms with Gasteiger partial charge in [-0.3, -0.25) is 5.32 Å². The van der Waals surface area contributed by atoms with Crippen LogP contribution in [0.15, 0.2) is 12.1 Å².